The second-order valence-electron chi connectivity index (χ2n) is 5.81. The maximum Gasteiger partial charge on any atom is 0.189 e. The molecule has 0 radical (unpaired) electrons. The molecule has 1 saturated carbocycles. The maximum absolute atomic E-state index is 6.02. The molecule has 0 bridgehead atoms. The largest absolute Gasteiger partial charge is 0.370 e. The van der Waals surface area contributed by atoms with Gasteiger partial charge in [0, 0.05) is 24.3 Å². The highest BCUT2D eigenvalue weighted by Crippen LogP contribution is 2.17. The maximum atomic E-state index is 6.02. The van der Waals surface area contributed by atoms with Gasteiger partial charge in [-0.15, -0.1) is 24.0 Å². The van der Waals surface area contributed by atoms with Crippen molar-refractivity contribution in [3.8, 4) is 0 Å². The van der Waals surface area contributed by atoms with E-state index in [1.54, 1.807) is 0 Å². The van der Waals surface area contributed by atoms with Crippen molar-refractivity contribution in [2.24, 2.45) is 17.8 Å². The van der Waals surface area contributed by atoms with Crippen molar-refractivity contribution in [2.75, 3.05) is 0 Å². The fourth-order valence-electron chi connectivity index (χ4n) is 2.89. The topological polar surface area (TPSA) is 68.2 Å². The van der Waals surface area contributed by atoms with Gasteiger partial charge in [-0.25, -0.2) is 4.99 Å². The first-order valence-corrected chi connectivity index (χ1v) is 7.63. The van der Waals surface area contributed by atoms with E-state index in [1.165, 1.54) is 44.1 Å². The van der Waals surface area contributed by atoms with Crippen LogP contribution >= 0.6 is 24.0 Å². The highest BCUT2D eigenvalue weighted by Gasteiger charge is 2.13. The summed E-state index contributed by atoms with van der Waals surface area (Å²) in [4.78, 5) is 4.48. The number of aromatic nitrogens is 2. The highest BCUT2D eigenvalue weighted by molar-refractivity contribution is 14.0. The Hall–Kier alpha value is -0.790. The summed E-state index contributed by atoms with van der Waals surface area (Å²) in [6.45, 7) is 4.70. The van der Waals surface area contributed by atoms with Gasteiger partial charge in [0.1, 0.15) is 0 Å². The molecular formula is C15H28IN5. The lowest BCUT2D eigenvalue weighted by molar-refractivity contribution is 0.530. The van der Waals surface area contributed by atoms with Gasteiger partial charge in [-0.1, -0.05) is 25.7 Å². The summed E-state index contributed by atoms with van der Waals surface area (Å²) in [6.07, 6.45) is 7.71. The Balaban J connectivity index is 0.00000220. The molecule has 3 N–H and O–H groups in total. The first-order chi connectivity index (χ1) is 9.58. The van der Waals surface area contributed by atoms with Crippen molar-refractivity contribution in [1.82, 2.24) is 15.1 Å². The number of guanidine groups is 1. The number of aryl methyl sites for hydroxylation is 2. The summed E-state index contributed by atoms with van der Waals surface area (Å²) < 4.78 is 1.90. The van der Waals surface area contributed by atoms with Crippen LogP contribution in [0, 0.1) is 13.8 Å². The molecule has 1 aliphatic carbocycles. The van der Waals surface area contributed by atoms with Crippen molar-refractivity contribution in [2.45, 2.75) is 65.0 Å². The molecule has 2 rings (SSSR count). The zero-order chi connectivity index (χ0) is 14.5. The lowest BCUT2D eigenvalue weighted by atomic mass is 10.1. The van der Waals surface area contributed by atoms with Gasteiger partial charge in [0.25, 0.3) is 0 Å². The number of aliphatic imine (C=N–C) groups is 1. The molecule has 21 heavy (non-hydrogen) atoms. The van der Waals surface area contributed by atoms with Gasteiger partial charge < -0.3 is 11.1 Å². The molecule has 1 aromatic heterocycles. The van der Waals surface area contributed by atoms with Crippen LogP contribution in [0.2, 0.25) is 0 Å². The van der Waals surface area contributed by atoms with E-state index in [0.717, 1.165) is 11.4 Å². The zero-order valence-corrected chi connectivity index (χ0v) is 15.7. The molecule has 1 aliphatic rings. The van der Waals surface area contributed by atoms with E-state index < -0.39 is 0 Å². The molecule has 0 unspecified atom stereocenters. The SMILES string of the molecule is Cc1nn(C)c(C)c1CN=C(N)NC1CCCCCC1.I. The minimum absolute atomic E-state index is 0. The fraction of sp³-hybridized carbons (Fsp3) is 0.733. The zero-order valence-electron chi connectivity index (χ0n) is 13.4. The van der Waals surface area contributed by atoms with Crippen molar-refractivity contribution < 1.29 is 0 Å². The smallest absolute Gasteiger partial charge is 0.189 e. The van der Waals surface area contributed by atoms with Crippen molar-refractivity contribution in [1.29, 1.82) is 0 Å². The predicted octanol–water partition coefficient (Wildman–Crippen LogP) is 2.78. The molecule has 0 spiro atoms. The summed E-state index contributed by atoms with van der Waals surface area (Å²) in [5, 5.41) is 7.78. The first kappa shape index (κ1) is 18.3. The number of halogens is 1. The van der Waals surface area contributed by atoms with E-state index in [1.807, 2.05) is 18.7 Å². The Labute approximate surface area is 144 Å². The van der Waals surface area contributed by atoms with Gasteiger partial charge >= 0.3 is 0 Å². The third-order valence-electron chi connectivity index (χ3n) is 4.27. The van der Waals surface area contributed by atoms with Gasteiger partial charge in [-0.05, 0) is 26.7 Å². The summed E-state index contributed by atoms with van der Waals surface area (Å²) in [7, 11) is 1.96. The van der Waals surface area contributed by atoms with Crippen LogP contribution in [0.3, 0.4) is 0 Å². The lowest BCUT2D eigenvalue weighted by Crippen LogP contribution is -2.39. The van der Waals surface area contributed by atoms with Crippen LogP contribution in [0.4, 0.5) is 0 Å². The molecule has 6 heteroatoms. The molecule has 0 aromatic carbocycles. The number of nitrogens with zero attached hydrogens (tertiary/aromatic N) is 3. The molecule has 0 amide bonds. The molecule has 0 atom stereocenters. The summed E-state index contributed by atoms with van der Waals surface area (Å²) in [6, 6.07) is 0.498. The Morgan fingerprint density at radius 1 is 1.29 bits per heavy atom. The average Bonchev–Trinajstić information content (AvgIpc) is 2.62. The normalized spacial score (nSPS) is 17.2. The van der Waals surface area contributed by atoms with E-state index in [2.05, 4.69) is 22.3 Å². The van der Waals surface area contributed by atoms with Gasteiger partial charge in [0.15, 0.2) is 5.96 Å². The molecule has 5 nitrogen and oxygen atoms in total. The van der Waals surface area contributed by atoms with E-state index in [4.69, 9.17) is 5.73 Å². The van der Waals surface area contributed by atoms with Crippen LogP contribution in [-0.2, 0) is 13.6 Å². The third-order valence-corrected chi connectivity index (χ3v) is 4.27. The Morgan fingerprint density at radius 2 is 1.90 bits per heavy atom. The molecule has 120 valence electrons. The number of rotatable bonds is 3. The Morgan fingerprint density at radius 3 is 2.43 bits per heavy atom. The van der Waals surface area contributed by atoms with Gasteiger partial charge in [-0.2, -0.15) is 5.10 Å². The standard InChI is InChI=1S/C15H27N5.HI/c1-11-14(12(2)20(3)19-11)10-17-15(16)18-13-8-6-4-5-7-9-13;/h13H,4-10H2,1-3H3,(H3,16,17,18);1H. The Bertz CT molecular complexity index is 473. The second kappa shape index (κ2) is 8.60. The Kier molecular flexibility index (Phi) is 7.48. The third kappa shape index (κ3) is 5.16. The number of nitrogens with two attached hydrogens (primary N) is 1. The quantitative estimate of drug-likeness (QED) is 0.352. The summed E-state index contributed by atoms with van der Waals surface area (Å²) >= 11 is 0. The van der Waals surface area contributed by atoms with Gasteiger partial charge in [0.2, 0.25) is 0 Å². The van der Waals surface area contributed by atoms with Crippen molar-refractivity contribution in [3.05, 3.63) is 17.0 Å². The lowest BCUT2D eigenvalue weighted by Gasteiger charge is -2.16. The monoisotopic (exact) mass is 405 g/mol. The van der Waals surface area contributed by atoms with Crippen molar-refractivity contribution in [3.63, 3.8) is 0 Å². The number of hydrogen-bond donors (Lipinski definition) is 2. The van der Waals surface area contributed by atoms with E-state index in [9.17, 15) is 0 Å². The molecular weight excluding hydrogens is 377 g/mol. The van der Waals surface area contributed by atoms with E-state index in [-0.39, 0.29) is 24.0 Å². The van der Waals surface area contributed by atoms with E-state index >= 15 is 0 Å². The second-order valence-corrected chi connectivity index (χ2v) is 5.81. The summed E-state index contributed by atoms with van der Waals surface area (Å²) in [5.74, 6) is 0.569. The van der Waals surface area contributed by atoms with Crippen LogP contribution in [0.5, 0.6) is 0 Å². The van der Waals surface area contributed by atoms with Crippen molar-refractivity contribution >= 4 is 29.9 Å². The number of nitrogens with one attached hydrogen (secondary N) is 1. The average molecular weight is 405 g/mol. The molecule has 1 aromatic rings. The number of hydrogen-bond acceptors (Lipinski definition) is 2. The minimum atomic E-state index is 0. The minimum Gasteiger partial charge on any atom is -0.370 e. The molecule has 0 aliphatic heterocycles. The fourth-order valence-corrected chi connectivity index (χ4v) is 2.89. The van der Waals surface area contributed by atoms with Crippen LogP contribution < -0.4 is 11.1 Å². The molecule has 0 saturated heterocycles. The van der Waals surface area contributed by atoms with Gasteiger partial charge in [0.05, 0.1) is 12.2 Å². The van der Waals surface area contributed by atoms with Gasteiger partial charge in [-0.3, -0.25) is 4.68 Å². The van der Waals surface area contributed by atoms with Crippen LogP contribution in [0.25, 0.3) is 0 Å². The first-order valence-electron chi connectivity index (χ1n) is 7.63. The van der Waals surface area contributed by atoms with Crippen LogP contribution in [-0.4, -0.2) is 21.8 Å². The molecule has 1 fully saturated rings. The van der Waals surface area contributed by atoms with Crippen LogP contribution in [0.1, 0.15) is 55.5 Å². The van der Waals surface area contributed by atoms with E-state index in [0.29, 0.717) is 18.5 Å². The summed E-state index contributed by atoms with van der Waals surface area (Å²) in [5.41, 5.74) is 9.40. The predicted molar refractivity (Wildman–Crippen MR) is 98.0 cm³/mol. The highest BCUT2D eigenvalue weighted by atomic mass is 127. The van der Waals surface area contributed by atoms with Crippen LogP contribution in [0.15, 0.2) is 4.99 Å². The molecule has 1 heterocycles.